The molecule has 10 heteroatoms. The van der Waals surface area contributed by atoms with E-state index < -0.39 is 29.5 Å². The van der Waals surface area contributed by atoms with Crippen LogP contribution in [0.1, 0.15) is 58.2 Å². The molecule has 2 aromatic heterocycles. The van der Waals surface area contributed by atoms with E-state index in [2.05, 4.69) is 24.5 Å². The summed E-state index contributed by atoms with van der Waals surface area (Å²) in [7, 11) is 1.64. The molecular weight excluding hydrogens is 574 g/mol. The Labute approximate surface area is 262 Å². The van der Waals surface area contributed by atoms with Crippen LogP contribution in [-0.4, -0.2) is 58.5 Å². The third-order valence-corrected chi connectivity index (χ3v) is 8.95. The van der Waals surface area contributed by atoms with Crippen LogP contribution in [0.5, 0.6) is 11.5 Å². The second kappa shape index (κ2) is 12.4. The Morgan fingerprint density at radius 3 is 2.43 bits per heavy atom. The number of nitrogens with zero attached hydrogens (tertiary/aromatic N) is 3. The van der Waals surface area contributed by atoms with E-state index in [4.69, 9.17) is 25.2 Å². The first-order valence-electron chi connectivity index (χ1n) is 14.9. The molecule has 0 aliphatic carbocycles. The van der Waals surface area contributed by atoms with Gasteiger partial charge in [-0.2, -0.15) is 0 Å². The normalized spacial score (nSPS) is 17.6. The van der Waals surface area contributed by atoms with Crippen molar-refractivity contribution in [3.63, 3.8) is 0 Å². The monoisotopic (exact) mass is 615 g/mol. The number of nitrogens with one attached hydrogen (secondary N) is 1. The topological polar surface area (TPSA) is 120 Å². The van der Waals surface area contributed by atoms with Crippen LogP contribution in [0.3, 0.4) is 0 Å². The first-order chi connectivity index (χ1) is 20.9. The SMILES string of the molecule is COc1ccc2c(OC3CC(C(N)=O)N(C(=O)C(Nc4ccccc4)C(C)(C)C)C3)cc(-c3nc(C(C)C)cs3)nc2c1C. The Hall–Kier alpha value is -4.18. The summed E-state index contributed by atoms with van der Waals surface area (Å²) in [4.78, 5) is 38.2. The molecule has 3 atom stereocenters. The van der Waals surface area contributed by atoms with Crippen molar-refractivity contribution in [2.24, 2.45) is 11.1 Å². The van der Waals surface area contributed by atoms with Crippen molar-refractivity contribution >= 4 is 39.7 Å². The molecule has 0 spiro atoms. The molecule has 5 rings (SSSR count). The van der Waals surface area contributed by atoms with E-state index in [9.17, 15) is 9.59 Å². The van der Waals surface area contributed by atoms with Crippen LogP contribution >= 0.6 is 11.3 Å². The number of carbonyl (C=O) groups excluding carboxylic acids is 2. The molecule has 4 aromatic rings. The molecule has 2 aromatic carbocycles. The average molecular weight is 616 g/mol. The minimum Gasteiger partial charge on any atom is -0.496 e. The number of primary amides is 1. The number of nitrogens with two attached hydrogens (primary N) is 1. The van der Waals surface area contributed by atoms with E-state index in [-0.39, 0.29) is 18.9 Å². The number of hydrogen-bond donors (Lipinski definition) is 2. The fourth-order valence-corrected chi connectivity index (χ4v) is 6.51. The lowest BCUT2D eigenvalue weighted by molar-refractivity contribution is -0.139. The molecule has 0 radical (unpaired) electrons. The second-order valence-corrected chi connectivity index (χ2v) is 13.6. The first-order valence-corrected chi connectivity index (χ1v) is 15.8. The highest BCUT2D eigenvalue weighted by Crippen LogP contribution is 2.38. The van der Waals surface area contributed by atoms with Gasteiger partial charge in [0.1, 0.15) is 40.4 Å². The number of aryl methyl sites for hydroxylation is 1. The summed E-state index contributed by atoms with van der Waals surface area (Å²) in [5.74, 6) is 0.872. The van der Waals surface area contributed by atoms with Gasteiger partial charge in [-0.15, -0.1) is 11.3 Å². The van der Waals surface area contributed by atoms with Crippen molar-refractivity contribution in [2.45, 2.75) is 72.1 Å². The molecule has 232 valence electrons. The standard InChI is InChI=1S/C34H41N5O4S/c1-19(2)25-18-44-32(38-25)24-16-28(23-13-14-27(42-7)20(3)29(23)37-24)43-22-15-26(31(35)40)39(17-22)33(41)30(34(4,5)6)36-21-11-9-8-10-12-21/h8-14,16,18-19,22,26,30,36H,15,17H2,1-7H3,(H2,35,40). The molecule has 1 aliphatic rings. The number of hydrogen-bond acceptors (Lipinski definition) is 8. The summed E-state index contributed by atoms with van der Waals surface area (Å²) in [6.07, 6.45) is -0.177. The number of rotatable bonds is 9. The smallest absolute Gasteiger partial charge is 0.246 e. The van der Waals surface area contributed by atoms with Crippen molar-refractivity contribution < 1.29 is 19.1 Å². The number of carbonyl (C=O) groups is 2. The number of fused-ring (bicyclic) bond motifs is 1. The molecule has 44 heavy (non-hydrogen) atoms. The van der Waals surface area contributed by atoms with Crippen LogP contribution in [-0.2, 0) is 9.59 Å². The Morgan fingerprint density at radius 1 is 1.09 bits per heavy atom. The highest BCUT2D eigenvalue weighted by Gasteiger charge is 2.44. The largest absolute Gasteiger partial charge is 0.496 e. The maximum Gasteiger partial charge on any atom is 0.246 e. The highest BCUT2D eigenvalue weighted by atomic mass is 32.1. The molecule has 1 aliphatic heterocycles. The van der Waals surface area contributed by atoms with Crippen LogP contribution in [0, 0.1) is 12.3 Å². The maximum atomic E-state index is 14.1. The number of anilines is 1. The first kappa shape index (κ1) is 31.3. The number of para-hydroxylation sites is 1. The number of likely N-dealkylation sites (tertiary alicyclic amines) is 1. The van der Waals surface area contributed by atoms with Crippen LogP contribution in [0.25, 0.3) is 21.6 Å². The third kappa shape index (κ3) is 6.36. The summed E-state index contributed by atoms with van der Waals surface area (Å²) in [5.41, 5.74) is 9.58. The lowest BCUT2D eigenvalue weighted by Crippen LogP contribution is -2.53. The predicted molar refractivity (Wildman–Crippen MR) is 175 cm³/mol. The van der Waals surface area contributed by atoms with Crippen LogP contribution in [0.2, 0.25) is 0 Å². The van der Waals surface area contributed by atoms with E-state index in [1.165, 1.54) is 0 Å². The van der Waals surface area contributed by atoms with Gasteiger partial charge in [-0.25, -0.2) is 9.97 Å². The Morgan fingerprint density at radius 2 is 1.82 bits per heavy atom. The molecule has 3 heterocycles. The summed E-state index contributed by atoms with van der Waals surface area (Å²) >= 11 is 1.54. The van der Waals surface area contributed by atoms with Crippen molar-refractivity contribution in [2.75, 3.05) is 19.0 Å². The van der Waals surface area contributed by atoms with Crippen LogP contribution in [0.4, 0.5) is 5.69 Å². The number of benzene rings is 2. The van der Waals surface area contributed by atoms with Gasteiger partial charge in [-0.3, -0.25) is 9.59 Å². The van der Waals surface area contributed by atoms with Crippen LogP contribution < -0.4 is 20.5 Å². The molecule has 0 bridgehead atoms. The fourth-order valence-electron chi connectivity index (χ4n) is 5.57. The van der Waals surface area contributed by atoms with Crippen LogP contribution in [0.15, 0.2) is 53.9 Å². The molecule has 1 saturated heterocycles. The third-order valence-electron chi connectivity index (χ3n) is 8.06. The van der Waals surface area contributed by atoms with E-state index in [0.717, 1.165) is 38.6 Å². The van der Waals surface area contributed by atoms with Gasteiger partial charge >= 0.3 is 0 Å². The van der Waals surface area contributed by atoms with Crippen molar-refractivity contribution in [1.29, 1.82) is 0 Å². The summed E-state index contributed by atoms with van der Waals surface area (Å²) in [6, 6.07) is 13.9. The maximum absolute atomic E-state index is 14.1. The van der Waals surface area contributed by atoms with Crippen molar-refractivity contribution in [3.05, 3.63) is 65.2 Å². The van der Waals surface area contributed by atoms with E-state index in [1.807, 2.05) is 76.2 Å². The molecular formula is C34H41N5O4S. The lowest BCUT2D eigenvalue weighted by Gasteiger charge is -2.35. The van der Waals surface area contributed by atoms with Gasteiger partial charge in [0.05, 0.1) is 24.9 Å². The Balaban J connectivity index is 1.49. The molecule has 2 amide bonds. The van der Waals surface area contributed by atoms with Gasteiger partial charge in [-0.05, 0) is 42.5 Å². The van der Waals surface area contributed by atoms with Crippen molar-refractivity contribution in [3.8, 4) is 22.2 Å². The summed E-state index contributed by atoms with van der Waals surface area (Å²) in [6.45, 7) is 12.4. The average Bonchev–Trinajstić information content (AvgIpc) is 3.64. The zero-order chi connectivity index (χ0) is 31.8. The van der Waals surface area contributed by atoms with Gasteiger partial charge in [0.15, 0.2) is 0 Å². The van der Waals surface area contributed by atoms with E-state index in [1.54, 1.807) is 23.3 Å². The molecule has 0 saturated carbocycles. The number of thiazole rings is 1. The van der Waals surface area contributed by atoms with Gasteiger partial charge in [0.25, 0.3) is 0 Å². The molecule has 3 N–H and O–H groups in total. The van der Waals surface area contributed by atoms with Gasteiger partial charge < -0.3 is 25.4 Å². The molecule has 1 fully saturated rings. The molecule has 3 unspecified atom stereocenters. The van der Waals surface area contributed by atoms with Gasteiger partial charge in [0.2, 0.25) is 11.8 Å². The number of aromatic nitrogens is 2. The van der Waals surface area contributed by atoms with E-state index >= 15 is 0 Å². The van der Waals surface area contributed by atoms with Gasteiger partial charge in [-0.1, -0.05) is 52.8 Å². The molecule has 9 nitrogen and oxygen atoms in total. The highest BCUT2D eigenvalue weighted by molar-refractivity contribution is 7.13. The van der Waals surface area contributed by atoms with E-state index in [0.29, 0.717) is 17.4 Å². The lowest BCUT2D eigenvalue weighted by atomic mass is 9.85. The summed E-state index contributed by atoms with van der Waals surface area (Å²) < 4.78 is 12.2. The number of methoxy groups -OCH3 is 1. The minimum absolute atomic E-state index is 0.193. The Kier molecular flexibility index (Phi) is 8.83. The minimum atomic E-state index is -0.795. The Bertz CT molecular complexity index is 1660. The summed E-state index contributed by atoms with van der Waals surface area (Å²) in [5, 5.41) is 7.04. The predicted octanol–water partition coefficient (Wildman–Crippen LogP) is 6.16. The van der Waals surface area contributed by atoms with Gasteiger partial charge in [0, 0.05) is 34.5 Å². The quantitative estimate of drug-likeness (QED) is 0.231. The zero-order valence-corrected chi connectivity index (χ0v) is 27.2. The number of pyridine rings is 1. The number of amides is 2. The zero-order valence-electron chi connectivity index (χ0n) is 26.4. The fraction of sp³-hybridized carbons (Fsp3) is 0.412. The number of ether oxygens (including phenoxy) is 2. The van der Waals surface area contributed by atoms with Crippen molar-refractivity contribution in [1.82, 2.24) is 14.9 Å². The second-order valence-electron chi connectivity index (χ2n) is 12.7.